The number of unbranched alkanes of at least 4 members (excludes halogenated alkanes) is 1. The zero-order chi connectivity index (χ0) is 18.7. The van der Waals surface area contributed by atoms with Crippen LogP contribution in [0.25, 0.3) is 0 Å². The molecule has 2 aromatic carbocycles. The van der Waals surface area contributed by atoms with Crippen molar-refractivity contribution >= 4 is 17.3 Å². The van der Waals surface area contributed by atoms with E-state index in [9.17, 15) is 19.5 Å². The molecule has 26 heavy (non-hydrogen) atoms. The Morgan fingerprint density at radius 1 is 1.00 bits per heavy atom. The largest absolute Gasteiger partial charge is 0.494 e. The van der Waals surface area contributed by atoms with Gasteiger partial charge in [-0.25, -0.2) is 0 Å². The summed E-state index contributed by atoms with van der Waals surface area (Å²) in [6.45, 7) is 2.67. The molecule has 2 aromatic rings. The first-order chi connectivity index (χ1) is 12.5. The van der Waals surface area contributed by atoms with Crippen LogP contribution < -0.4 is 4.74 Å². The van der Waals surface area contributed by atoms with Gasteiger partial charge in [0.15, 0.2) is 11.4 Å². The monoisotopic (exact) mass is 352 g/mol. The quantitative estimate of drug-likeness (QED) is 0.470. The van der Waals surface area contributed by atoms with Gasteiger partial charge in [0.2, 0.25) is 11.6 Å². The smallest absolute Gasteiger partial charge is 0.203 e. The molecule has 1 aliphatic carbocycles. The Kier molecular flexibility index (Phi) is 5.00. The summed E-state index contributed by atoms with van der Waals surface area (Å²) in [7, 11) is 0. The molecule has 1 N–H and O–H groups in total. The number of fused-ring (bicyclic) bond motifs is 1. The molecule has 5 heteroatoms. The summed E-state index contributed by atoms with van der Waals surface area (Å²) >= 11 is 0. The fourth-order valence-corrected chi connectivity index (χ4v) is 2.99. The molecular weight excluding hydrogens is 332 g/mol. The molecule has 0 fully saturated rings. The van der Waals surface area contributed by atoms with Crippen molar-refractivity contribution in [3.8, 4) is 5.75 Å². The van der Waals surface area contributed by atoms with E-state index in [1.165, 1.54) is 12.1 Å². The number of carbonyl (C=O) groups is 3. The summed E-state index contributed by atoms with van der Waals surface area (Å²) in [4.78, 5) is 37.4. The summed E-state index contributed by atoms with van der Waals surface area (Å²) in [5.41, 5.74) is -1.69. The first kappa shape index (κ1) is 18.0. The summed E-state index contributed by atoms with van der Waals surface area (Å²) in [6.07, 6.45) is 1.40. The zero-order valence-electron chi connectivity index (χ0n) is 14.5. The Morgan fingerprint density at radius 2 is 1.58 bits per heavy atom. The lowest BCUT2D eigenvalue weighted by molar-refractivity contribution is 0.0295. The second kappa shape index (κ2) is 7.22. The van der Waals surface area contributed by atoms with Crippen LogP contribution in [0.15, 0.2) is 48.5 Å². The molecule has 0 aliphatic heterocycles. The van der Waals surface area contributed by atoms with Crippen molar-refractivity contribution in [1.29, 1.82) is 0 Å². The third-order valence-corrected chi connectivity index (χ3v) is 4.53. The van der Waals surface area contributed by atoms with Crippen molar-refractivity contribution in [3.05, 3.63) is 65.2 Å². The molecule has 0 unspecified atom stereocenters. The van der Waals surface area contributed by atoms with Gasteiger partial charge in [-0.1, -0.05) is 37.6 Å². The summed E-state index contributed by atoms with van der Waals surface area (Å²) in [6, 6.07) is 12.7. The highest BCUT2D eigenvalue weighted by Gasteiger charge is 2.52. The maximum absolute atomic E-state index is 12.5. The Hall–Kier alpha value is -2.79. The van der Waals surface area contributed by atoms with Gasteiger partial charge in [0, 0.05) is 16.7 Å². The second-order valence-electron chi connectivity index (χ2n) is 6.39. The molecule has 0 radical (unpaired) electrons. The number of benzene rings is 2. The molecule has 0 atom stereocenters. The minimum Gasteiger partial charge on any atom is -0.494 e. The first-order valence-corrected chi connectivity index (χ1v) is 8.64. The lowest BCUT2D eigenvalue weighted by Crippen LogP contribution is -2.43. The molecule has 1 aliphatic rings. The number of hydrogen-bond donors (Lipinski definition) is 1. The minimum atomic E-state index is -2.32. The van der Waals surface area contributed by atoms with Crippen molar-refractivity contribution in [1.82, 2.24) is 0 Å². The number of hydrogen-bond acceptors (Lipinski definition) is 5. The van der Waals surface area contributed by atoms with Gasteiger partial charge in [0.05, 0.1) is 13.0 Å². The number of Topliss-reactive ketones (excluding diaryl/α,β-unsaturated/α-hetero) is 3. The molecule has 0 aromatic heterocycles. The van der Waals surface area contributed by atoms with E-state index >= 15 is 0 Å². The highest BCUT2D eigenvalue weighted by atomic mass is 16.5. The van der Waals surface area contributed by atoms with E-state index in [1.54, 1.807) is 36.4 Å². The van der Waals surface area contributed by atoms with Crippen LogP contribution in [-0.2, 0) is 0 Å². The fourth-order valence-electron chi connectivity index (χ4n) is 2.99. The standard InChI is InChI=1S/C21H20O5/c1-2-3-12-26-15-10-8-14(9-11-15)18(22)13-21(25)19(23)16-6-4-5-7-17(16)20(21)24/h4-11,25H,2-3,12-13H2,1H3. The van der Waals surface area contributed by atoms with Crippen molar-refractivity contribution in [2.45, 2.75) is 31.8 Å². The minimum absolute atomic E-state index is 0.160. The van der Waals surface area contributed by atoms with E-state index in [2.05, 4.69) is 6.92 Å². The van der Waals surface area contributed by atoms with Gasteiger partial charge in [-0.15, -0.1) is 0 Å². The fraction of sp³-hybridized carbons (Fsp3) is 0.286. The molecule has 0 saturated heterocycles. The maximum atomic E-state index is 12.5. The highest BCUT2D eigenvalue weighted by molar-refractivity contribution is 6.33. The molecule has 3 rings (SSSR count). The van der Waals surface area contributed by atoms with Crippen LogP contribution in [0.2, 0.25) is 0 Å². The average molecular weight is 352 g/mol. The lowest BCUT2D eigenvalue weighted by atomic mass is 9.89. The molecule has 5 nitrogen and oxygen atoms in total. The number of ether oxygens (including phenoxy) is 1. The Labute approximate surface area is 151 Å². The van der Waals surface area contributed by atoms with Gasteiger partial charge in [-0.05, 0) is 30.7 Å². The number of ketones is 3. The number of aliphatic hydroxyl groups is 1. The first-order valence-electron chi connectivity index (χ1n) is 8.64. The Bertz CT molecular complexity index is 816. The van der Waals surface area contributed by atoms with Crippen molar-refractivity contribution < 1.29 is 24.2 Å². The van der Waals surface area contributed by atoms with Gasteiger partial charge >= 0.3 is 0 Å². The highest BCUT2D eigenvalue weighted by Crippen LogP contribution is 2.33. The van der Waals surface area contributed by atoms with Gasteiger partial charge in [-0.2, -0.15) is 0 Å². The number of carbonyl (C=O) groups excluding carboxylic acids is 3. The van der Waals surface area contributed by atoms with E-state index in [0.29, 0.717) is 17.9 Å². The molecule has 134 valence electrons. The van der Waals surface area contributed by atoms with Crippen molar-refractivity contribution in [3.63, 3.8) is 0 Å². The topological polar surface area (TPSA) is 80.7 Å². The van der Waals surface area contributed by atoms with E-state index in [4.69, 9.17) is 4.74 Å². The van der Waals surface area contributed by atoms with Crippen molar-refractivity contribution in [2.24, 2.45) is 0 Å². The molecular formula is C21H20O5. The van der Waals surface area contributed by atoms with Crippen LogP contribution in [0.1, 0.15) is 57.3 Å². The summed E-state index contributed by atoms with van der Waals surface area (Å²) in [5, 5.41) is 10.6. The van der Waals surface area contributed by atoms with Crippen LogP contribution >= 0.6 is 0 Å². The number of rotatable bonds is 7. The van der Waals surface area contributed by atoms with Crippen LogP contribution in [0.4, 0.5) is 0 Å². The van der Waals surface area contributed by atoms with E-state index in [-0.39, 0.29) is 11.1 Å². The van der Waals surface area contributed by atoms with Crippen LogP contribution in [0.5, 0.6) is 5.75 Å². The van der Waals surface area contributed by atoms with E-state index in [0.717, 1.165) is 12.8 Å². The van der Waals surface area contributed by atoms with E-state index < -0.39 is 29.4 Å². The predicted molar refractivity (Wildman–Crippen MR) is 95.8 cm³/mol. The van der Waals surface area contributed by atoms with Gasteiger partial charge < -0.3 is 9.84 Å². The maximum Gasteiger partial charge on any atom is 0.203 e. The van der Waals surface area contributed by atoms with Gasteiger partial charge in [-0.3, -0.25) is 14.4 Å². The lowest BCUT2D eigenvalue weighted by Gasteiger charge is -2.18. The summed E-state index contributed by atoms with van der Waals surface area (Å²) in [5.74, 6) is -1.26. The Balaban J connectivity index is 1.74. The third-order valence-electron chi connectivity index (χ3n) is 4.53. The molecule has 0 bridgehead atoms. The molecule has 0 amide bonds. The second-order valence-corrected chi connectivity index (χ2v) is 6.39. The van der Waals surface area contributed by atoms with Crippen LogP contribution in [0.3, 0.4) is 0 Å². The predicted octanol–water partition coefficient (Wildman–Crippen LogP) is 3.25. The molecule has 0 spiro atoms. The SMILES string of the molecule is CCCCOc1ccc(C(=O)CC2(O)C(=O)c3ccccc3C2=O)cc1. The third kappa shape index (κ3) is 3.18. The van der Waals surface area contributed by atoms with Crippen LogP contribution in [0, 0.1) is 0 Å². The van der Waals surface area contributed by atoms with Gasteiger partial charge in [0.1, 0.15) is 5.75 Å². The van der Waals surface area contributed by atoms with Gasteiger partial charge in [0.25, 0.3) is 0 Å². The Morgan fingerprint density at radius 3 is 2.12 bits per heavy atom. The zero-order valence-corrected chi connectivity index (χ0v) is 14.5. The molecule has 0 heterocycles. The van der Waals surface area contributed by atoms with Crippen molar-refractivity contribution in [2.75, 3.05) is 6.61 Å². The molecule has 0 saturated carbocycles. The normalized spacial score (nSPS) is 15.0. The van der Waals surface area contributed by atoms with E-state index in [1.807, 2.05) is 0 Å². The summed E-state index contributed by atoms with van der Waals surface area (Å²) < 4.78 is 5.54. The average Bonchev–Trinajstić information content (AvgIpc) is 2.84. The van der Waals surface area contributed by atoms with Crippen LogP contribution in [-0.4, -0.2) is 34.7 Å².